The van der Waals surface area contributed by atoms with Crippen LogP contribution in [0.15, 0.2) is 0 Å². The molecule has 18 heavy (non-hydrogen) atoms. The quantitative estimate of drug-likeness (QED) is 0.846. The third kappa shape index (κ3) is 4.48. The highest BCUT2D eigenvalue weighted by atomic mass is 19.4. The van der Waals surface area contributed by atoms with E-state index in [2.05, 4.69) is 5.32 Å². The Kier molecular flexibility index (Phi) is 5.44. The zero-order valence-corrected chi connectivity index (χ0v) is 10.9. The lowest BCUT2D eigenvalue weighted by molar-refractivity contribution is -0.162. The van der Waals surface area contributed by atoms with Crippen LogP contribution in [0.2, 0.25) is 0 Å². The smallest absolute Gasteiger partial charge is 0.333 e. The molecule has 0 spiro atoms. The summed E-state index contributed by atoms with van der Waals surface area (Å²) in [5, 5.41) is 3.03. The van der Waals surface area contributed by atoms with Gasteiger partial charge in [-0.05, 0) is 32.2 Å². The van der Waals surface area contributed by atoms with E-state index < -0.39 is 24.7 Å². The minimum atomic E-state index is -4.33. The van der Waals surface area contributed by atoms with Crippen molar-refractivity contribution in [3.05, 3.63) is 0 Å². The molecular formula is C12H21F3N2O. The normalized spacial score (nSPS) is 24.9. The number of carbonyl (C=O) groups excluding carboxylic acids is 1. The van der Waals surface area contributed by atoms with Crippen LogP contribution < -0.4 is 5.32 Å². The zero-order valence-electron chi connectivity index (χ0n) is 10.9. The van der Waals surface area contributed by atoms with Gasteiger partial charge in [0.2, 0.25) is 5.91 Å². The third-order valence-corrected chi connectivity index (χ3v) is 3.45. The molecule has 1 N–H and O–H groups in total. The van der Waals surface area contributed by atoms with Gasteiger partial charge in [0, 0.05) is 6.54 Å². The number of rotatable bonds is 4. The molecule has 0 aromatic heterocycles. The average molecular weight is 266 g/mol. The highest BCUT2D eigenvalue weighted by Gasteiger charge is 2.35. The number of nitrogens with zero attached hydrogens (tertiary/aromatic N) is 1. The Hall–Kier alpha value is -0.780. The van der Waals surface area contributed by atoms with E-state index in [0.29, 0.717) is 18.9 Å². The molecule has 1 aliphatic rings. The second-order valence-electron chi connectivity index (χ2n) is 4.77. The van der Waals surface area contributed by atoms with Gasteiger partial charge in [0.05, 0.1) is 6.04 Å². The van der Waals surface area contributed by atoms with Crippen LogP contribution in [-0.2, 0) is 4.79 Å². The Morgan fingerprint density at radius 3 is 2.56 bits per heavy atom. The van der Waals surface area contributed by atoms with Crippen molar-refractivity contribution in [2.45, 2.75) is 45.3 Å². The summed E-state index contributed by atoms with van der Waals surface area (Å²) >= 11 is 0. The van der Waals surface area contributed by atoms with Crippen molar-refractivity contribution < 1.29 is 18.0 Å². The molecule has 0 radical (unpaired) electrons. The van der Waals surface area contributed by atoms with Gasteiger partial charge in [0.1, 0.15) is 6.54 Å². The molecule has 106 valence electrons. The Balaban J connectivity index is 2.60. The van der Waals surface area contributed by atoms with Crippen molar-refractivity contribution in [2.24, 2.45) is 5.92 Å². The number of alkyl halides is 3. The fourth-order valence-electron chi connectivity index (χ4n) is 2.34. The first kappa shape index (κ1) is 15.3. The highest BCUT2D eigenvalue weighted by molar-refractivity contribution is 5.82. The summed E-state index contributed by atoms with van der Waals surface area (Å²) in [5.41, 5.74) is 0. The summed E-state index contributed by atoms with van der Waals surface area (Å²) < 4.78 is 37.0. The van der Waals surface area contributed by atoms with Crippen molar-refractivity contribution in [1.29, 1.82) is 0 Å². The largest absolute Gasteiger partial charge is 0.406 e. The lowest BCUT2D eigenvalue weighted by Crippen LogP contribution is -2.52. The lowest BCUT2D eigenvalue weighted by Gasteiger charge is -2.33. The fraction of sp³-hybridized carbons (Fsp3) is 0.917. The number of amides is 1. The molecule has 1 fully saturated rings. The number of piperidine rings is 1. The molecule has 1 rings (SSSR count). The van der Waals surface area contributed by atoms with Crippen LogP contribution in [0.1, 0.15) is 33.1 Å². The van der Waals surface area contributed by atoms with Gasteiger partial charge >= 0.3 is 6.18 Å². The number of nitrogens with one attached hydrogen (secondary N) is 1. The van der Waals surface area contributed by atoms with Crippen LogP contribution in [0.3, 0.4) is 0 Å². The molecule has 0 aromatic carbocycles. The van der Waals surface area contributed by atoms with E-state index in [0.717, 1.165) is 17.7 Å². The topological polar surface area (TPSA) is 32.3 Å². The zero-order chi connectivity index (χ0) is 13.8. The number of carbonyl (C=O) groups is 1. The second-order valence-corrected chi connectivity index (χ2v) is 4.77. The predicted octanol–water partition coefficient (Wildman–Crippen LogP) is 2.18. The monoisotopic (exact) mass is 266 g/mol. The molecule has 1 aliphatic heterocycles. The molecular weight excluding hydrogens is 245 g/mol. The van der Waals surface area contributed by atoms with E-state index in [4.69, 9.17) is 0 Å². The molecule has 1 heterocycles. The van der Waals surface area contributed by atoms with E-state index in [1.54, 1.807) is 6.92 Å². The van der Waals surface area contributed by atoms with Crippen LogP contribution in [0, 0.1) is 5.92 Å². The van der Waals surface area contributed by atoms with E-state index in [-0.39, 0.29) is 6.54 Å². The van der Waals surface area contributed by atoms with Crippen LogP contribution in [0.4, 0.5) is 13.2 Å². The number of hydrogen-bond donors (Lipinski definition) is 1. The van der Waals surface area contributed by atoms with Crippen molar-refractivity contribution in [2.75, 3.05) is 19.6 Å². The summed E-state index contributed by atoms with van der Waals surface area (Å²) in [6.45, 7) is 3.26. The SMILES string of the molecule is CCC1CCNC(C(=O)N(CC)CC(F)(F)F)C1. The van der Waals surface area contributed by atoms with Gasteiger partial charge in [-0.3, -0.25) is 4.79 Å². The molecule has 0 bridgehead atoms. The number of hydrogen-bond acceptors (Lipinski definition) is 2. The van der Waals surface area contributed by atoms with Crippen LogP contribution >= 0.6 is 0 Å². The van der Waals surface area contributed by atoms with E-state index in [9.17, 15) is 18.0 Å². The highest BCUT2D eigenvalue weighted by Crippen LogP contribution is 2.22. The maximum absolute atomic E-state index is 12.3. The van der Waals surface area contributed by atoms with Gasteiger partial charge in [-0.2, -0.15) is 13.2 Å². The summed E-state index contributed by atoms with van der Waals surface area (Å²) in [5.74, 6) is 0.0118. The summed E-state index contributed by atoms with van der Waals surface area (Å²) in [4.78, 5) is 12.9. The van der Waals surface area contributed by atoms with Gasteiger partial charge in [0.15, 0.2) is 0 Å². The minimum Gasteiger partial charge on any atom is -0.333 e. The van der Waals surface area contributed by atoms with E-state index in [1.807, 2.05) is 6.92 Å². The van der Waals surface area contributed by atoms with Crippen molar-refractivity contribution in [3.8, 4) is 0 Å². The molecule has 1 amide bonds. The first-order valence-corrected chi connectivity index (χ1v) is 6.46. The van der Waals surface area contributed by atoms with Crippen LogP contribution in [0.5, 0.6) is 0 Å². The minimum absolute atomic E-state index is 0.0906. The van der Waals surface area contributed by atoms with Gasteiger partial charge in [-0.25, -0.2) is 0 Å². The molecule has 6 heteroatoms. The molecule has 1 saturated heterocycles. The van der Waals surface area contributed by atoms with Gasteiger partial charge in [-0.15, -0.1) is 0 Å². The van der Waals surface area contributed by atoms with Crippen molar-refractivity contribution in [1.82, 2.24) is 10.2 Å². The predicted molar refractivity (Wildman–Crippen MR) is 63.1 cm³/mol. The Morgan fingerprint density at radius 1 is 1.39 bits per heavy atom. The van der Waals surface area contributed by atoms with Gasteiger partial charge in [-0.1, -0.05) is 13.3 Å². The second kappa shape index (κ2) is 6.41. The summed E-state index contributed by atoms with van der Waals surface area (Å²) in [6.07, 6.45) is -1.73. The molecule has 0 aliphatic carbocycles. The third-order valence-electron chi connectivity index (χ3n) is 3.45. The average Bonchev–Trinajstić information content (AvgIpc) is 2.34. The molecule has 0 aromatic rings. The molecule has 0 saturated carbocycles. The molecule has 2 atom stereocenters. The summed E-state index contributed by atoms with van der Waals surface area (Å²) in [7, 11) is 0. The Bertz CT molecular complexity index is 281. The van der Waals surface area contributed by atoms with Crippen molar-refractivity contribution in [3.63, 3.8) is 0 Å². The fourth-order valence-corrected chi connectivity index (χ4v) is 2.34. The standard InChI is InChI=1S/C12H21F3N2O/c1-3-9-5-6-16-10(7-9)11(18)17(4-2)8-12(13,14)15/h9-10,16H,3-8H2,1-2H3. The maximum atomic E-state index is 12.3. The molecule has 2 unspecified atom stereocenters. The molecule has 3 nitrogen and oxygen atoms in total. The first-order valence-electron chi connectivity index (χ1n) is 6.46. The van der Waals surface area contributed by atoms with Gasteiger partial charge in [0.25, 0.3) is 0 Å². The van der Waals surface area contributed by atoms with Crippen LogP contribution in [-0.4, -0.2) is 42.7 Å². The van der Waals surface area contributed by atoms with Gasteiger partial charge < -0.3 is 10.2 Å². The van der Waals surface area contributed by atoms with E-state index >= 15 is 0 Å². The van der Waals surface area contributed by atoms with E-state index in [1.165, 1.54) is 0 Å². The van der Waals surface area contributed by atoms with Crippen molar-refractivity contribution >= 4 is 5.91 Å². The lowest BCUT2D eigenvalue weighted by atomic mass is 9.90. The first-order chi connectivity index (χ1) is 8.37. The van der Waals surface area contributed by atoms with Crippen LogP contribution in [0.25, 0.3) is 0 Å². The Morgan fingerprint density at radius 2 is 2.06 bits per heavy atom. The number of likely N-dealkylation sites (N-methyl/N-ethyl adjacent to an activating group) is 1. The number of halogens is 3. The maximum Gasteiger partial charge on any atom is 0.406 e. The summed E-state index contributed by atoms with van der Waals surface area (Å²) in [6, 6.07) is -0.453. The Labute approximate surface area is 106 Å².